The summed E-state index contributed by atoms with van der Waals surface area (Å²) in [6.45, 7) is 2.41. The SMILES string of the molecule is COCc1ccccc1NC(N)=NCC(C)(O)c1cccs1. The van der Waals surface area contributed by atoms with Crippen LogP contribution in [-0.4, -0.2) is 24.7 Å². The van der Waals surface area contributed by atoms with Crippen LogP contribution in [0, 0.1) is 0 Å². The Bertz CT molecular complexity index is 624. The molecule has 6 heteroatoms. The molecule has 0 aliphatic rings. The maximum absolute atomic E-state index is 10.4. The number of anilines is 1. The number of aliphatic hydroxyl groups is 1. The van der Waals surface area contributed by atoms with E-state index in [1.165, 1.54) is 11.3 Å². The normalized spacial score (nSPS) is 14.6. The Morgan fingerprint density at radius 2 is 2.14 bits per heavy atom. The highest BCUT2D eigenvalue weighted by molar-refractivity contribution is 7.10. The summed E-state index contributed by atoms with van der Waals surface area (Å²) in [6.07, 6.45) is 0. The standard InChI is InChI=1S/C16H21N3O2S/c1-16(20,14-8-5-9-22-14)11-18-15(17)19-13-7-4-3-6-12(13)10-21-2/h3-9,20H,10-11H2,1-2H3,(H3,17,18,19). The van der Waals surface area contributed by atoms with Crippen LogP contribution in [0.3, 0.4) is 0 Å². The van der Waals surface area contributed by atoms with E-state index < -0.39 is 5.60 Å². The number of nitrogens with two attached hydrogens (primary N) is 1. The monoisotopic (exact) mass is 319 g/mol. The molecule has 2 rings (SSSR count). The zero-order valence-corrected chi connectivity index (χ0v) is 13.6. The van der Waals surface area contributed by atoms with Gasteiger partial charge in [0, 0.05) is 23.2 Å². The van der Waals surface area contributed by atoms with Crippen molar-refractivity contribution in [1.82, 2.24) is 0 Å². The predicted molar refractivity (Wildman–Crippen MR) is 91.2 cm³/mol. The van der Waals surface area contributed by atoms with Gasteiger partial charge in [0.25, 0.3) is 0 Å². The molecule has 22 heavy (non-hydrogen) atoms. The van der Waals surface area contributed by atoms with Gasteiger partial charge in [-0.1, -0.05) is 24.3 Å². The van der Waals surface area contributed by atoms with Gasteiger partial charge in [-0.3, -0.25) is 0 Å². The number of nitrogens with one attached hydrogen (secondary N) is 1. The van der Waals surface area contributed by atoms with Gasteiger partial charge in [0.05, 0.1) is 13.2 Å². The fraction of sp³-hybridized carbons (Fsp3) is 0.312. The number of hydrogen-bond donors (Lipinski definition) is 3. The van der Waals surface area contributed by atoms with Crippen molar-refractivity contribution in [2.45, 2.75) is 19.1 Å². The van der Waals surface area contributed by atoms with Crippen molar-refractivity contribution >= 4 is 23.0 Å². The minimum atomic E-state index is -1.02. The number of rotatable bonds is 6. The molecule has 0 fully saturated rings. The van der Waals surface area contributed by atoms with Gasteiger partial charge in [-0.15, -0.1) is 11.3 Å². The van der Waals surface area contributed by atoms with Gasteiger partial charge < -0.3 is 20.9 Å². The predicted octanol–water partition coefficient (Wildman–Crippen LogP) is 2.53. The number of benzene rings is 1. The molecule has 0 bridgehead atoms. The van der Waals surface area contributed by atoms with Crippen molar-refractivity contribution in [3.05, 3.63) is 52.2 Å². The molecule has 118 valence electrons. The van der Waals surface area contributed by atoms with Gasteiger partial charge in [0.15, 0.2) is 5.96 Å². The van der Waals surface area contributed by atoms with Gasteiger partial charge in [-0.2, -0.15) is 0 Å². The van der Waals surface area contributed by atoms with E-state index in [1.54, 1.807) is 14.0 Å². The molecular weight excluding hydrogens is 298 g/mol. The number of nitrogens with zero attached hydrogens (tertiary/aromatic N) is 1. The van der Waals surface area contributed by atoms with Gasteiger partial charge in [-0.05, 0) is 24.4 Å². The van der Waals surface area contributed by atoms with E-state index in [2.05, 4.69) is 10.3 Å². The zero-order chi connectivity index (χ0) is 16.0. The Hall–Kier alpha value is -1.89. The molecule has 0 saturated heterocycles. The van der Waals surface area contributed by atoms with Crippen LogP contribution < -0.4 is 11.1 Å². The van der Waals surface area contributed by atoms with Crippen molar-refractivity contribution < 1.29 is 9.84 Å². The zero-order valence-electron chi connectivity index (χ0n) is 12.7. The molecule has 0 radical (unpaired) electrons. The first-order valence-electron chi connectivity index (χ1n) is 6.93. The molecule has 2 aromatic rings. The first-order chi connectivity index (χ1) is 10.5. The third-order valence-corrected chi connectivity index (χ3v) is 4.31. The summed E-state index contributed by atoms with van der Waals surface area (Å²) < 4.78 is 5.15. The average Bonchev–Trinajstić information content (AvgIpc) is 3.03. The summed E-state index contributed by atoms with van der Waals surface area (Å²) >= 11 is 1.50. The van der Waals surface area contributed by atoms with E-state index >= 15 is 0 Å². The molecule has 0 saturated carbocycles. The summed E-state index contributed by atoms with van der Waals surface area (Å²) in [6, 6.07) is 11.5. The molecule has 1 aromatic carbocycles. The second-order valence-electron chi connectivity index (χ2n) is 5.17. The van der Waals surface area contributed by atoms with Crippen LogP contribution in [0.4, 0.5) is 5.69 Å². The van der Waals surface area contributed by atoms with Crippen molar-refractivity contribution in [3.63, 3.8) is 0 Å². The summed E-state index contributed by atoms with van der Waals surface area (Å²) in [5.74, 6) is 0.264. The first kappa shape index (κ1) is 16.5. The average molecular weight is 319 g/mol. The van der Waals surface area contributed by atoms with E-state index in [9.17, 15) is 5.11 Å². The lowest BCUT2D eigenvalue weighted by Gasteiger charge is -2.19. The molecule has 0 aliphatic carbocycles. The number of ether oxygens (including phenoxy) is 1. The summed E-state index contributed by atoms with van der Waals surface area (Å²) in [4.78, 5) is 5.11. The van der Waals surface area contributed by atoms with Crippen LogP contribution in [0.1, 0.15) is 17.4 Å². The Morgan fingerprint density at radius 1 is 1.36 bits per heavy atom. The van der Waals surface area contributed by atoms with Crippen molar-refractivity contribution in [2.24, 2.45) is 10.7 Å². The van der Waals surface area contributed by atoms with E-state index in [0.717, 1.165) is 16.1 Å². The van der Waals surface area contributed by atoms with Crippen LogP contribution in [-0.2, 0) is 16.9 Å². The lowest BCUT2D eigenvalue weighted by atomic mass is 10.1. The highest BCUT2D eigenvalue weighted by atomic mass is 32.1. The third kappa shape index (κ3) is 4.30. The van der Waals surface area contributed by atoms with Crippen molar-refractivity contribution in [2.75, 3.05) is 19.0 Å². The Balaban J connectivity index is 2.04. The molecule has 4 N–H and O–H groups in total. The molecule has 1 atom stereocenters. The highest BCUT2D eigenvalue weighted by Gasteiger charge is 2.23. The fourth-order valence-electron chi connectivity index (χ4n) is 2.00. The molecule has 1 heterocycles. The molecule has 0 aliphatic heterocycles. The van der Waals surface area contributed by atoms with E-state index in [0.29, 0.717) is 6.61 Å². The lowest BCUT2D eigenvalue weighted by Crippen LogP contribution is -2.29. The van der Waals surface area contributed by atoms with Gasteiger partial charge in [-0.25, -0.2) is 4.99 Å². The van der Waals surface area contributed by atoms with E-state index in [-0.39, 0.29) is 12.5 Å². The van der Waals surface area contributed by atoms with E-state index in [1.807, 2.05) is 41.8 Å². The molecule has 0 amide bonds. The Labute approximate surface area is 134 Å². The number of aliphatic imine (C=N–C) groups is 1. The second-order valence-corrected chi connectivity index (χ2v) is 6.12. The number of thiophene rings is 1. The van der Waals surface area contributed by atoms with Crippen molar-refractivity contribution in [1.29, 1.82) is 0 Å². The molecular formula is C16H21N3O2S. The number of methoxy groups -OCH3 is 1. The van der Waals surface area contributed by atoms with Crippen LogP contribution in [0.15, 0.2) is 46.8 Å². The number of para-hydroxylation sites is 1. The fourth-order valence-corrected chi connectivity index (χ4v) is 2.78. The minimum Gasteiger partial charge on any atom is -0.383 e. The summed E-state index contributed by atoms with van der Waals surface area (Å²) in [5.41, 5.74) is 6.74. The highest BCUT2D eigenvalue weighted by Crippen LogP contribution is 2.25. The Morgan fingerprint density at radius 3 is 2.82 bits per heavy atom. The topological polar surface area (TPSA) is 79.9 Å². The van der Waals surface area contributed by atoms with Crippen molar-refractivity contribution in [3.8, 4) is 0 Å². The smallest absolute Gasteiger partial charge is 0.193 e. The maximum atomic E-state index is 10.4. The summed E-state index contributed by atoms with van der Waals surface area (Å²) in [5, 5.41) is 15.4. The number of guanidine groups is 1. The third-order valence-electron chi connectivity index (χ3n) is 3.19. The lowest BCUT2D eigenvalue weighted by molar-refractivity contribution is 0.0713. The maximum Gasteiger partial charge on any atom is 0.193 e. The molecule has 1 aromatic heterocycles. The van der Waals surface area contributed by atoms with Crippen LogP contribution in [0.25, 0.3) is 0 Å². The first-order valence-corrected chi connectivity index (χ1v) is 7.81. The molecule has 0 spiro atoms. The molecule has 5 nitrogen and oxygen atoms in total. The van der Waals surface area contributed by atoms with Crippen LogP contribution in [0.2, 0.25) is 0 Å². The van der Waals surface area contributed by atoms with Crippen LogP contribution >= 0.6 is 11.3 Å². The van der Waals surface area contributed by atoms with Gasteiger partial charge in [0.2, 0.25) is 0 Å². The van der Waals surface area contributed by atoms with Gasteiger partial charge in [0.1, 0.15) is 5.60 Å². The second kappa shape index (κ2) is 7.40. The van der Waals surface area contributed by atoms with Crippen LogP contribution in [0.5, 0.6) is 0 Å². The largest absolute Gasteiger partial charge is 0.383 e. The molecule has 1 unspecified atom stereocenters. The van der Waals surface area contributed by atoms with E-state index in [4.69, 9.17) is 10.5 Å². The quantitative estimate of drug-likeness (QED) is 0.564. The Kier molecular flexibility index (Phi) is 5.54. The van der Waals surface area contributed by atoms with Gasteiger partial charge >= 0.3 is 0 Å². The number of hydrogen-bond acceptors (Lipinski definition) is 4. The minimum absolute atomic E-state index is 0.193. The summed E-state index contributed by atoms with van der Waals surface area (Å²) in [7, 11) is 1.65.